The molecule has 4 heteroatoms. The Labute approximate surface area is 138 Å². The summed E-state index contributed by atoms with van der Waals surface area (Å²) in [5.74, 6) is 0.260. The predicted molar refractivity (Wildman–Crippen MR) is 89.9 cm³/mol. The Hall–Kier alpha value is -3.14. The number of para-hydroxylation sites is 2. The van der Waals surface area contributed by atoms with Gasteiger partial charge in [0.2, 0.25) is 0 Å². The van der Waals surface area contributed by atoms with Crippen molar-refractivity contribution in [3.05, 3.63) is 81.5 Å². The molecule has 2 N–H and O–H groups in total. The minimum absolute atomic E-state index is 0.130. The van der Waals surface area contributed by atoms with Crippen molar-refractivity contribution in [1.82, 2.24) is 0 Å². The van der Waals surface area contributed by atoms with Crippen LogP contribution in [0.25, 0.3) is 0 Å². The Morgan fingerprint density at radius 1 is 0.625 bits per heavy atom. The SMILES string of the molecule is Oc1c2c(c(O)c3c1=Nc1ccccc1C3)=Nc1ccccc1C2. The van der Waals surface area contributed by atoms with E-state index in [2.05, 4.69) is 9.98 Å². The van der Waals surface area contributed by atoms with Crippen LogP contribution in [-0.4, -0.2) is 10.2 Å². The largest absolute Gasteiger partial charge is 0.505 e. The van der Waals surface area contributed by atoms with Crippen LogP contribution < -0.4 is 10.7 Å². The lowest BCUT2D eigenvalue weighted by atomic mass is 9.92. The molecule has 0 unspecified atom stereocenters. The summed E-state index contributed by atoms with van der Waals surface area (Å²) in [7, 11) is 0. The number of nitrogens with zero attached hydrogens (tertiary/aromatic N) is 2. The van der Waals surface area contributed by atoms with E-state index < -0.39 is 0 Å². The van der Waals surface area contributed by atoms with Gasteiger partial charge in [-0.1, -0.05) is 36.4 Å². The van der Waals surface area contributed by atoms with Crippen molar-refractivity contribution >= 4 is 11.4 Å². The quantitative estimate of drug-likeness (QED) is 0.432. The Balaban J connectivity index is 1.87. The maximum atomic E-state index is 10.8. The van der Waals surface area contributed by atoms with Crippen molar-refractivity contribution in [1.29, 1.82) is 0 Å². The van der Waals surface area contributed by atoms with Crippen LogP contribution >= 0.6 is 0 Å². The second-order valence-corrected chi connectivity index (χ2v) is 6.19. The highest BCUT2D eigenvalue weighted by Gasteiger charge is 2.24. The van der Waals surface area contributed by atoms with Crippen LogP contribution in [0.1, 0.15) is 22.3 Å². The van der Waals surface area contributed by atoms with Crippen LogP contribution in [0, 0.1) is 0 Å². The van der Waals surface area contributed by atoms with Crippen molar-refractivity contribution in [3.63, 3.8) is 0 Å². The molecule has 0 saturated heterocycles. The molecule has 0 aliphatic carbocycles. The number of hydrogen-bond donors (Lipinski definition) is 2. The van der Waals surface area contributed by atoms with Gasteiger partial charge in [0.1, 0.15) is 22.2 Å². The van der Waals surface area contributed by atoms with Crippen molar-refractivity contribution in [3.8, 4) is 11.5 Å². The van der Waals surface area contributed by atoms with Gasteiger partial charge in [0.25, 0.3) is 0 Å². The number of phenolic OH excluding ortho intramolecular Hbond substituents is 2. The monoisotopic (exact) mass is 314 g/mol. The van der Waals surface area contributed by atoms with Crippen LogP contribution in [0.4, 0.5) is 11.4 Å². The maximum Gasteiger partial charge on any atom is 0.147 e. The van der Waals surface area contributed by atoms with E-state index in [9.17, 15) is 10.2 Å². The lowest BCUT2D eigenvalue weighted by Crippen LogP contribution is -2.26. The Morgan fingerprint density at radius 2 is 1.04 bits per heavy atom. The van der Waals surface area contributed by atoms with Gasteiger partial charge in [0.15, 0.2) is 0 Å². The van der Waals surface area contributed by atoms with Crippen LogP contribution in [0.15, 0.2) is 58.5 Å². The molecule has 2 aliphatic heterocycles. The fourth-order valence-electron chi connectivity index (χ4n) is 3.53. The predicted octanol–water partition coefficient (Wildman–Crippen LogP) is 2.81. The van der Waals surface area contributed by atoms with Crippen LogP contribution in [0.2, 0.25) is 0 Å². The summed E-state index contributed by atoms with van der Waals surface area (Å²) in [5, 5.41) is 22.5. The number of aromatic hydroxyl groups is 2. The first-order valence-electron chi connectivity index (χ1n) is 7.91. The second-order valence-electron chi connectivity index (χ2n) is 6.19. The number of fused-ring (bicyclic) bond motifs is 4. The highest BCUT2D eigenvalue weighted by Crippen LogP contribution is 2.33. The molecular formula is C20H14N2O2. The maximum absolute atomic E-state index is 10.8. The molecule has 0 saturated carbocycles. The molecule has 24 heavy (non-hydrogen) atoms. The second kappa shape index (κ2) is 4.68. The van der Waals surface area contributed by atoms with E-state index in [1.165, 1.54) is 0 Å². The normalized spacial score (nSPS) is 13.7. The Bertz CT molecular complexity index is 1040. The zero-order chi connectivity index (χ0) is 16.3. The van der Waals surface area contributed by atoms with Crippen LogP contribution in [0.5, 0.6) is 11.5 Å². The molecule has 0 amide bonds. The highest BCUT2D eigenvalue weighted by molar-refractivity contribution is 5.60. The van der Waals surface area contributed by atoms with Gasteiger partial charge in [-0.25, -0.2) is 9.98 Å². The summed E-state index contributed by atoms with van der Waals surface area (Å²) in [6.45, 7) is 0. The average molecular weight is 314 g/mol. The summed E-state index contributed by atoms with van der Waals surface area (Å²) in [4.78, 5) is 9.16. The van der Waals surface area contributed by atoms with Crippen molar-refractivity contribution in [2.45, 2.75) is 12.8 Å². The molecule has 2 aliphatic rings. The Kier molecular flexibility index (Phi) is 2.59. The molecule has 0 spiro atoms. The zero-order valence-electron chi connectivity index (χ0n) is 12.8. The average Bonchev–Trinajstić information content (AvgIpc) is 2.64. The van der Waals surface area contributed by atoms with E-state index in [1.54, 1.807) is 0 Å². The molecule has 4 nitrogen and oxygen atoms in total. The van der Waals surface area contributed by atoms with Gasteiger partial charge in [-0.05, 0) is 23.3 Å². The lowest BCUT2D eigenvalue weighted by Gasteiger charge is -2.20. The van der Waals surface area contributed by atoms with E-state index >= 15 is 0 Å². The third kappa shape index (κ3) is 1.74. The number of hydrogen-bond acceptors (Lipinski definition) is 4. The van der Waals surface area contributed by atoms with Gasteiger partial charge in [-0.3, -0.25) is 0 Å². The smallest absolute Gasteiger partial charge is 0.147 e. The van der Waals surface area contributed by atoms with E-state index in [0.717, 1.165) is 22.5 Å². The fourth-order valence-corrected chi connectivity index (χ4v) is 3.53. The molecule has 0 radical (unpaired) electrons. The standard InChI is InChI=1S/C20H14N2O2/c23-19-13-9-11-5-1-3-7-15(11)21-17(13)20(24)14-10-12-6-2-4-8-16(12)22-18(14)19/h1-8,23-24H,9-10H2. The highest BCUT2D eigenvalue weighted by atomic mass is 16.3. The van der Waals surface area contributed by atoms with Gasteiger partial charge < -0.3 is 10.2 Å². The van der Waals surface area contributed by atoms with Crippen LogP contribution in [-0.2, 0) is 12.8 Å². The molecule has 0 aromatic heterocycles. The molecule has 0 fully saturated rings. The van der Waals surface area contributed by atoms with E-state index in [0.29, 0.717) is 34.7 Å². The number of benzene rings is 3. The number of rotatable bonds is 0. The van der Waals surface area contributed by atoms with Crippen LogP contribution in [0.3, 0.4) is 0 Å². The first-order valence-corrected chi connectivity index (χ1v) is 7.91. The summed E-state index contributed by atoms with van der Waals surface area (Å²) >= 11 is 0. The Morgan fingerprint density at radius 3 is 1.50 bits per heavy atom. The summed E-state index contributed by atoms with van der Waals surface area (Å²) < 4.78 is 0. The summed E-state index contributed by atoms with van der Waals surface area (Å²) in [5.41, 5.74) is 5.05. The van der Waals surface area contributed by atoms with Crippen molar-refractivity contribution in [2.24, 2.45) is 9.98 Å². The molecule has 0 bridgehead atoms. The molecule has 5 rings (SSSR count). The molecule has 116 valence electrons. The topological polar surface area (TPSA) is 65.2 Å². The summed E-state index contributed by atoms with van der Waals surface area (Å²) in [6, 6.07) is 15.6. The van der Waals surface area contributed by atoms with Gasteiger partial charge in [-0.15, -0.1) is 0 Å². The lowest BCUT2D eigenvalue weighted by molar-refractivity contribution is 0.436. The fraction of sp³-hybridized carbons (Fsp3) is 0.100. The third-order valence-corrected chi connectivity index (χ3v) is 4.77. The molecule has 0 atom stereocenters. The van der Waals surface area contributed by atoms with Gasteiger partial charge in [0.05, 0.1) is 11.4 Å². The van der Waals surface area contributed by atoms with Crippen molar-refractivity contribution < 1.29 is 10.2 Å². The van der Waals surface area contributed by atoms with Gasteiger partial charge in [-0.2, -0.15) is 0 Å². The summed E-state index contributed by atoms with van der Waals surface area (Å²) in [6.07, 6.45) is 1.08. The molecule has 2 heterocycles. The van der Waals surface area contributed by atoms with Gasteiger partial charge in [0, 0.05) is 24.0 Å². The number of phenols is 2. The third-order valence-electron chi connectivity index (χ3n) is 4.77. The minimum atomic E-state index is 0.130. The van der Waals surface area contributed by atoms with E-state index in [1.807, 2.05) is 48.5 Å². The van der Waals surface area contributed by atoms with E-state index in [4.69, 9.17) is 0 Å². The van der Waals surface area contributed by atoms with Crippen molar-refractivity contribution in [2.75, 3.05) is 0 Å². The van der Waals surface area contributed by atoms with E-state index in [-0.39, 0.29) is 11.5 Å². The molecular weight excluding hydrogens is 300 g/mol. The first kappa shape index (κ1) is 13.3. The minimum Gasteiger partial charge on any atom is -0.505 e. The zero-order valence-corrected chi connectivity index (χ0v) is 12.8. The first-order chi connectivity index (χ1) is 11.7. The molecule has 3 aromatic carbocycles. The molecule has 3 aromatic rings. The van der Waals surface area contributed by atoms with Gasteiger partial charge >= 0.3 is 0 Å².